The van der Waals surface area contributed by atoms with Gasteiger partial charge in [-0.15, -0.1) is 0 Å². The van der Waals surface area contributed by atoms with Gasteiger partial charge in [-0.1, -0.05) is 36.4 Å². The third-order valence-corrected chi connectivity index (χ3v) is 7.56. The smallest absolute Gasteiger partial charge is 0.328 e. The molecule has 1 saturated heterocycles. The standard InChI is InChI=1S/C25H26FN3.C4H4O4/c26-24-17-22(6-5-20(24)18-27)29-15-13-28(14-16-29)21-8-11-25(12-9-21)10-7-19-3-1-2-4-23(19)25;5-3(6)1-2-4(7)8/h1-7,10,17,21H,8-9,11-16H2;1-2H,(H,5,6)(H,7,8)/b;2-1-. The second kappa shape index (κ2) is 11.4. The van der Waals surface area contributed by atoms with Crippen molar-refractivity contribution in [3.63, 3.8) is 0 Å². The van der Waals surface area contributed by atoms with E-state index in [4.69, 9.17) is 15.5 Å². The number of carboxylic acids is 2. The highest BCUT2D eigenvalue weighted by Gasteiger charge is 2.40. The molecule has 192 valence electrons. The van der Waals surface area contributed by atoms with Gasteiger partial charge in [-0.2, -0.15) is 5.26 Å². The van der Waals surface area contributed by atoms with Gasteiger partial charge in [0.15, 0.2) is 0 Å². The van der Waals surface area contributed by atoms with E-state index >= 15 is 0 Å². The summed E-state index contributed by atoms with van der Waals surface area (Å²) in [7, 11) is 0. The lowest BCUT2D eigenvalue weighted by Gasteiger charge is -2.45. The van der Waals surface area contributed by atoms with Gasteiger partial charge in [0.25, 0.3) is 0 Å². The first kappa shape index (κ1) is 26.1. The molecule has 5 rings (SSSR count). The molecule has 2 fully saturated rings. The van der Waals surface area contributed by atoms with Gasteiger partial charge in [0.1, 0.15) is 11.9 Å². The highest BCUT2D eigenvalue weighted by Crippen LogP contribution is 2.47. The van der Waals surface area contributed by atoms with E-state index in [9.17, 15) is 14.0 Å². The molecule has 1 aliphatic heterocycles. The number of halogens is 1. The maximum absolute atomic E-state index is 14.0. The van der Waals surface area contributed by atoms with E-state index in [1.54, 1.807) is 6.07 Å². The molecular formula is C29H30FN3O4. The second-order valence-electron chi connectivity index (χ2n) is 9.62. The van der Waals surface area contributed by atoms with Gasteiger partial charge in [0.05, 0.1) is 5.56 Å². The fourth-order valence-corrected chi connectivity index (χ4v) is 5.63. The van der Waals surface area contributed by atoms with Gasteiger partial charge < -0.3 is 15.1 Å². The van der Waals surface area contributed by atoms with Crippen LogP contribution < -0.4 is 4.90 Å². The van der Waals surface area contributed by atoms with Crippen molar-refractivity contribution in [2.24, 2.45) is 0 Å². The first-order valence-corrected chi connectivity index (χ1v) is 12.4. The number of allylic oxidation sites excluding steroid dienone is 1. The number of carboxylic acid groups (broad SMARTS) is 2. The van der Waals surface area contributed by atoms with E-state index in [1.165, 1.54) is 42.9 Å². The monoisotopic (exact) mass is 503 g/mol. The Bertz CT molecular complexity index is 1230. The first-order chi connectivity index (χ1) is 17.8. The van der Waals surface area contributed by atoms with E-state index < -0.39 is 17.8 Å². The van der Waals surface area contributed by atoms with Crippen molar-refractivity contribution in [3.8, 4) is 6.07 Å². The molecule has 0 bridgehead atoms. The molecule has 0 amide bonds. The van der Waals surface area contributed by atoms with Crippen LogP contribution >= 0.6 is 0 Å². The van der Waals surface area contributed by atoms with E-state index in [2.05, 4.69) is 46.2 Å². The maximum Gasteiger partial charge on any atom is 0.328 e. The zero-order chi connectivity index (χ0) is 26.4. The Hall–Kier alpha value is -3.96. The maximum atomic E-state index is 14.0. The van der Waals surface area contributed by atoms with E-state index in [1.807, 2.05) is 12.1 Å². The molecular weight excluding hydrogens is 473 g/mol. The van der Waals surface area contributed by atoms with Crippen molar-refractivity contribution in [3.05, 3.63) is 83.2 Å². The molecule has 0 unspecified atom stereocenters. The van der Waals surface area contributed by atoms with Crippen LogP contribution in [0.25, 0.3) is 6.08 Å². The molecule has 0 radical (unpaired) electrons. The van der Waals surface area contributed by atoms with Crippen LogP contribution in [0.3, 0.4) is 0 Å². The number of nitrogens with zero attached hydrogens (tertiary/aromatic N) is 3. The largest absolute Gasteiger partial charge is 0.478 e. The summed E-state index contributed by atoms with van der Waals surface area (Å²) >= 11 is 0. The van der Waals surface area contributed by atoms with Crippen molar-refractivity contribution in [2.45, 2.75) is 37.1 Å². The van der Waals surface area contributed by atoms with Crippen molar-refractivity contribution in [1.29, 1.82) is 5.26 Å². The van der Waals surface area contributed by atoms with Crippen LogP contribution in [0.4, 0.5) is 10.1 Å². The Balaban J connectivity index is 0.000000349. The molecule has 0 atom stereocenters. The third-order valence-electron chi connectivity index (χ3n) is 7.56. The molecule has 2 aromatic rings. The minimum Gasteiger partial charge on any atom is -0.478 e. The fourth-order valence-electron chi connectivity index (χ4n) is 5.63. The van der Waals surface area contributed by atoms with E-state index in [0.717, 1.165) is 31.9 Å². The van der Waals surface area contributed by atoms with Crippen molar-refractivity contribution >= 4 is 23.7 Å². The summed E-state index contributed by atoms with van der Waals surface area (Å²) in [5.74, 6) is -2.94. The van der Waals surface area contributed by atoms with Gasteiger partial charge >= 0.3 is 11.9 Å². The van der Waals surface area contributed by atoms with Gasteiger partial charge in [-0.3, -0.25) is 4.90 Å². The lowest BCUT2D eigenvalue weighted by Crippen LogP contribution is -2.52. The minimum atomic E-state index is -1.26. The number of hydrogen-bond donors (Lipinski definition) is 2. The number of piperazine rings is 1. The Morgan fingerprint density at radius 1 is 1.00 bits per heavy atom. The average molecular weight is 504 g/mol. The van der Waals surface area contributed by atoms with Crippen LogP contribution in [0.1, 0.15) is 42.4 Å². The quantitative estimate of drug-likeness (QED) is 0.595. The van der Waals surface area contributed by atoms with Gasteiger partial charge in [0.2, 0.25) is 0 Å². The molecule has 37 heavy (non-hydrogen) atoms. The molecule has 1 spiro atoms. The van der Waals surface area contributed by atoms with Crippen LogP contribution in [-0.2, 0) is 15.0 Å². The Morgan fingerprint density at radius 3 is 2.24 bits per heavy atom. The topological polar surface area (TPSA) is 105 Å². The molecule has 2 aromatic carbocycles. The third kappa shape index (κ3) is 6.07. The lowest BCUT2D eigenvalue weighted by molar-refractivity contribution is -0.134. The lowest BCUT2D eigenvalue weighted by atomic mass is 9.69. The second-order valence-corrected chi connectivity index (χ2v) is 9.62. The number of fused-ring (bicyclic) bond motifs is 2. The SMILES string of the molecule is N#Cc1ccc(N2CCN(C3CCC4(C=Cc5ccccc54)CC3)CC2)cc1F.O=C(O)/C=C\C(=O)O. The van der Waals surface area contributed by atoms with Crippen LogP contribution in [0.15, 0.2) is 60.7 Å². The summed E-state index contributed by atoms with van der Waals surface area (Å²) in [5.41, 5.74) is 4.18. The molecule has 3 aliphatic rings. The fraction of sp³-hybridized carbons (Fsp3) is 0.345. The molecule has 1 heterocycles. The average Bonchev–Trinajstić information content (AvgIpc) is 3.26. The van der Waals surface area contributed by atoms with Crippen molar-refractivity contribution in [2.75, 3.05) is 31.1 Å². The molecule has 2 N–H and O–H groups in total. The predicted molar refractivity (Wildman–Crippen MR) is 139 cm³/mol. The highest BCUT2D eigenvalue weighted by atomic mass is 19.1. The number of nitriles is 1. The van der Waals surface area contributed by atoms with Crippen LogP contribution in [-0.4, -0.2) is 59.3 Å². The summed E-state index contributed by atoms with van der Waals surface area (Å²) in [4.78, 5) is 24.0. The Morgan fingerprint density at radius 2 is 1.65 bits per heavy atom. The van der Waals surface area contributed by atoms with Crippen LogP contribution in [0, 0.1) is 17.1 Å². The highest BCUT2D eigenvalue weighted by molar-refractivity contribution is 5.89. The summed E-state index contributed by atoms with van der Waals surface area (Å²) in [6.45, 7) is 3.86. The summed E-state index contributed by atoms with van der Waals surface area (Å²) in [5, 5.41) is 24.5. The van der Waals surface area contributed by atoms with Crippen molar-refractivity contribution in [1.82, 2.24) is 4.90 Å². The first-order valence-electron chi connectivity index (χ1n) is 12.4. The van der Waals surface area contributed by atoms with Crippen LogP contribution in [0.5, 0.6) is 0 Å². The van der Waals surface area contributed by atoms with Gasteiger partial charge in [-0.05, 0) is 55.0 Å². The van der Waals surface area contributed by atoms with Gasteiger partial charge in [-0.25, -0.2) is 14.0 Å². The normalized spacial score (nSPS) is 22.8. The zero-order valence-corrected chi connectivity index (χ0v) is 20.5. The van der Waals surface area contributed by atoms with E-state index in [-0.39, 0.29) is 11.0 Å². The number of hydrogen-bond acceptors (Lipinski definition) is 5. The molecule has 8 heteroatoms. The molecule has 0 aromatic heterocycles. The Labute approximate surface area is 215 Å². The predicted octanol–water partition coefficient (Wildman–Crippen LogP) is 4.44. The van der Waals surface area contributed by atoms with E-state index in [0.29, 0.717) is 18.2 Å². The number of carbonyl (C=O) groups is 2. The van der Waals surface area contributed by atoms with Crippen molar-refractivity contribution < 1.29 is 24.2 Å². The number of anilines is 1. The summed E-state index contributed by atoms with van der Waals surface area (Å²) in [6, 6.07) is 16.4. The minimum absolute atomic E-state index is 0.117. The van der Waals surface area contributed by atoms with Crippen LogP contribution in [0.2, 0.25) is 0 Å². The Kier molecular flexibility index (Phi) is 8.04. The molecule has 1 saturated carbocycles. The number of rotatable bonds is 4. The summed E-state index contributed by atoms with van der Waals surface area (Å²) in [6.07, 6.45) is 10.8. The zero-order valence-electron chi connectivity index (χ0n) is 20.5. The number of aliphatic carboxylic acids is 2. The van der Waals surface area contributed by atoms with Gasteiger partial charge in [0, 0.05) is 55.5 Å². The molecule has 2 aliphatic carbocycles. The summed E-state index contributed by atoms with van der Waals surface area (Å²) < 4.78 is 14.0. The molecule has 7 nitrogen and oxygen atoms in total. The number of benzene rings is 2.